The normalized spacial score (nSPS) is 11.9. The second-order valence-corrected chi connectivity index (χ2v) is 9.06. The molecule has 3 aromatic rings. The van der Waals surface area contributed by atoms with E-state index in [0.717, 1.165) is 54.6 Å². The standard InChI is InChI=1S/C21H27N3O2S/c1-3-10-20-23-19-16-22-15-17(2)21(19)24(20)13-8-5-9-14-27(25,26)18-11-6-4-7-12-18/h4,6-7,11-12,15-16H,3,5,8-10,13-14H2,1-2H3. The lowest BCUT2D eigenvalue weighted by molar-refractivity contribution is 0.572. The van der Waals surface area contributed by atoms with Crippen molar-refractivity contribution in [3.05, 3.63) is 54.1 Å². The Labute approximate surface area is 161 Å². The van der Waals surface area contributed by atoms with Gasteiger partial charge in [-0.25, -0.2) is 13.4 Å². The van der Waals surface area contributed by atoms with Crippen LogP contribution in [-0.2, 0) is 22.8 Å². The number of fused-ring (bicyclic) bond motifs is 1. The van der Waals surface area contributed by atoms with Gasteiger partial charge in [0.2, 0.25) is 0 Å². The predicted molar refractivity (Wildman–Crippen MR) is 109 cm³/mol. The van der Waals surface area contributed by atoms with E-state index in [1.54, 1.807) is 24.3 Å². The summed E-state index contributed by atoms with van der Waals surface area (Å²) >= 11 is 0. The van der Waals surface area contributed by atoms with Gasteiger partial charge in [0.15, 0.2) is 9.84 Å². The highest BCUT2D eigenvalue weighted by Gasteiger charge is 2.14. The number of benzene rings is 1. The topological polar surface area (TPSA) is 64.8 Å². The number of sulfone groups is 1. The van der Waals surface area contributed by atoms with E-state index in [1.165, 1.54) is 0 Å². The summed E-state index contributed by atoms with van der Waals surface area (Å²) < 4.78 is 27.0. The molecule has 0 amide bonds. The number of rotatable bonds is 9. The number of pyridine rings is 1. The molecule has 0 spiro atoms. The number of hydrogen-bond donors (Lipinski definition) is 0. The van der Waals surface area contributed by atoms with Gasteiger partial charge in [0.05, 0.1) is 22.4 Å². The van der Waals surface area contributed by atoms with E-state index in [0.29, 0.717) is 11.3 Å². The van der Waals surface area contributed by atoms with Crippen LogP contribution in [-0.4, -0.2) is 28.7 Å². The summed E-state index contributed by atoms with van der Waals surface area (Å²) in [6, 6.07) is 8.70. The van der Waals surface area contributed by atoms with Gasteiger partial charge in [0, 0.05) is 19.2 Å². The average molecular weight is 386 g/mol. The molecule has 0 saturated heterocycles. The molecule has 27 heavy (non-hydrogen) atoms. The van der Waals surface area contributed by atoms with Crippen molar-refractivity contribution >= 4 is 20.9 Å². The first-order valence-corrected chi connectivity index (χ1v) is 11.3. The fourth-order valence-corrected chi connectivity index (χ4v) is 4.84. The second-order valence-electron chi connectivity index (χ2n) is 6.95. The van der Waals surface area contributed by atoms with E-state index >= 15 is 0 Å². The molecule has 0 aliphatic carbocycles. The first-order chi connectivity index (χ1) is 13.0. The molecule has 6 heteroatoms. The molecule has 0 aliphatic heterocycles. The third-order valence-electron chi connectivity index (χ3n) is 4.78. The van der Waals surface area contributed by atoms with Gasteiger partial charge < -0.3 is 4.57 Å². The van der Waals surface area contributed by atoms with Crippen molar-refractivity contribution in [3.63, 3.8) is 0 Å². The monoisotopic (exact) mass is 385 g/mol. The minimum atomic E-state index is -3.18. The zero-order valence-corrected chi connectivity index (χ0v) is 16.9. The highest BCUT2D eigenvalue weighted by Crippen LogP contribution is 2.21. The van der Waals surface area contributed by atoms with Crippen molar-refractivity contribution in [3.8, 4) is 0 Å². The Morgan fingerprint density at radius 2 is 1.81 bits per heavy atom. The van der Waals surface area contributed by atoms with Crippen molar-refractivity contribution in [1.82, 2.24) is 14.5 Å². The zero-order valence-electron chi connectivity index (χ0n) is 16.1. The summed E-state index contributed by atoms with van der Waals surface area (Å²) in [4.78, 5) is 9.41. The summed E-state index contributed by atoms with van der Waals surface area (Å²) in [6.07, 6.45) is 8.18. The Balaban J connectivity index is 1.62. The summed E-state index contributed by atoms with van der Waals surface area (Å²) in [5.41, 5.74) is 3.24. The smallest absolute Gasteiger partial charge is 0.178 e. The lowest BCUT2D eigenvalue weighted by atomic mass is 10.2. The van der Waals surface area contributed by atoms with Crippen LogP contribution < -0.4 is 0 Å². The van der Waals surface area contributed by atoms with E-state index in [-0.39, 0.29) is 5.75 Å². The van der Waals surface area contributed by atoms with Crippen LogP contribution in [0, 0.1) is 6.92 Å². The van der Waals surface area contributed by atoms with Gasteiger partial charge in [-0.2, -0.15) is 0 Å². The van der Waals surface area contributed by atoms with Crippen molar-refractivity contribution in [2.24, 2.45) is 0 Å². The Morgan fingerprint density at radius 3 is 2.56 bits per heavy atom. The SMILES string of the molecule is CCCc1nc2cncc(C)c2n1CCCCCS(=O)(=O)c1ccccc1. The molecule has 0 fully saturated rings. The molecule has 0 N–H and O–H groups in total. The predicted octanol–water partition coefficient (Wildman–Crippen LogP) is 4.34. The van der Waals surface area contributed by atoms with Gasteiger partial charge in [0.1, 0.15) is 11.3 Å². The van der Waals surface area contributed by atoms with Gasteiger partial charge in [-0.05, 0) is 43.9 Å². The van der Waals surface area contributed by atoms with Crippen molar-refractivity contribution < 1.29 is 8.42 Å². The van der Waals surface area contributed by atoms with Crippen LogP contribution in [0.3, 0.4) is 0 Å². The molecular weight excluding hydrogens is 358 g/mol. The van der Waals surface area contributed by atoms with E-state index in [4.69, 9.17) is 4.98 Å². The van der Waals surface area contributed by atoms with Crippen molar-refractivity contribution in [1.29, 1.82) is 0 Å². The van der Waals surface area contributed by atoms with E-state index in [2.05, 4.69) is 23.4 Å². The fraction of sp³-hybridized carbons (Fsp3) is 0.429. The summed E-state index contributed by atoms with van der Waals surface area (Å²) in [6.45, 7) is 5.08. The molecule has 2 heterocycles. The second kappa shape index (κ2) is 8.65. The maximum Gasteiger partial charge on any atom is 0.178 e. The number of nitrogens with zero attached hydrogens (tertiary/aromatic N) is 3. The number of unbranched alkanes of at least 4 members (excludes halogenated alkanes) is 2. The highest BCUT2D eigenvalue weighted by molar-refractivity contribution is 7.91. The van der Waals surface area contributed by atoms with Crippen molar-refractivity contribution in [2.75, 3.05) is 5.75 Å². The maximum absolute atomic E-state index is 12.4. The van der Waals surface area contributed by atoms with Crippen LogP contribution in [0.1, 0.15) is 44.0 Å². The van der Waals surface area contributed by atoms with E-state index in [9.17, 15) is 8.42 Å². The molecule has 0 unspecified atom stereocenters. The quantitative estimate of drug-likeness (QED) is 0.514. The van der Waals surface area contributed by atoms with Crippen LogP contribution in [0.15, 0.2) is 47.6 Å². The molecule has 1 aromatic carbocycles. The minimum absolute atomic E-state index is 0.201. The van der Waals surface area contributed by atoms with E-state index in [1.807, 2.05) is 18.5 Å². The third-order valence-corrected chi connectivity index (χ3v) is 6.60. The Kier molecular flexibility index (Phi) is 6.26. The Hall–Kier alpha value is -2.21. The Morgan fingerprint density at radius 1 is 1.04 bits per heavy atom. The minimum Gasteiger partial charge on any atom is -0.328 e. The molecule has 5 nitrogen and oxygen atoms in total. The Bertz CT molecular complexity index is 995. The number of hydrogen-bond acceptors (Lipinski definition) is 4. The number of aryl methyl sites for hydroxylation is 3. The van der Waals surface area contributed by atoms with Gasteiger partial charge in [0.25, 0.3) is 0 Å². The van der Waals surface area contributed by atoms with Crippen LogP contribution >= 0.6 is 0 Å². The molecule has 2 aromatic heterocycles. The van der Waals surface area contributed by atoms with Crippen LogP contribution in [0.5, 0.6) is 0 Å². The number of aromatic nitrogens is 3. The average Bonchev–Trinajstić information content (AvgIpc) is 3.01. The van der Waals surface area contributed by atoms with Gasteiger partial charge in [-0.15, -0.1) is 0 Å². The zero-order chi connectivity index (χ0) is 19.3. The van der Waals surface area contributed by atoms with Crippen LogP contribution in [0.4, 0.5) is 0 Å². The number of imidazole rings is 1. The molecule has 0 atom stereocenters. The van der Waals surface area contributed by atoms with Gasteiger partial charge >= 0.3 is 0 Å². The molecule has 3 rings (SSSR count). The summed E-state index contributed by atoms with van der Waals surface area (Å²) in [5, 5.41) is 0. The molecule has 0 bridgehead atoms. The van der Waals surface area contributed by atoms with Gasteiger partial charge in [-0.3, -0.25) is 4.98 Å². The maximum atomic E-state index is 12.4. The van der Waals surface area contributed by atoms with Gasteiger partial charge in [-0.1, -0.05) is 31.5 Å². The third kappa shape index (κ3) is 4.56. The lowest BCUT2D eigenvalue weighted by Crippen LogP contribution is -2.08. The molecular formula is C21H27N3O2S. The largest absolute Gasteiger partial charge is 0.328 e. The molecule has 0 radical (unpaired) electrons. The van der Waals surface area contributed by atoms with E-state index < -0.39 is 9.84 Å². The molecule has 144 valence electrons. The first kappa shape index (κ1) is 19.5. The summed E-state index contributed by atoms with van der Waals surface area (Å²) in [7, 11) is -3.18. The lowest BCUT2D eigenvalue weighted by Gasteiger charge is -2.10. The molecule has 0 saturated carbocycles. The van der Waals surface area contributed by atoms with Crippen molar-refractivity contribution in [2.45, 2.75) is 57.4 Å². The highest BCUT2D eigenvalue weighted by atomic mass is 32.2. The van der Waals surface area contributed by atoms with Crippen LogP contribution in [0.25, 0.3) is 11.0 Å². The van der Waals surface area contributed by atoms with Crippen LogP contribution in [0.2, 0.25) is 0 Å². The summed E-state index contributed by atoms with van der Waals surface area (Å²) in [5.74, 6) is 1.30. The first-order valence-electron chi connectivity index (χ1n) is 9.60. The fourth-order valence-electron chi connectivity index (χ4n) is 3.45. The molecule has 0 aliphatic rings.